The molecule has 4 nitrogen and oxygen atoms in total. The number of anilines is 1. The van der Waals surface area contributed by atoms with E-state index >= 15 is 0 Å². The van der Waals surface area contributed by atoms with Crippen molar-refractivity contribution in [3.05, 3.63) is 28.7 Å². The van der Waals surface area contributed by atoms with Crippen LogP contribution in [-0.4, -0.2) is 23.9 Å². The summed E-state index contributed by atoms with van der Waals surface area (Å²) in [5.41, 5.74) is 0.764. The van der Waals surface area contributed by atoms with Crippen LogP contribution in [0.3, 0.4) is 0 Å². The Hall–Kier alpha value is -1.36. The number of amides is 2. The minimum Gasteiger partial charge on any atom is -0.342 e. The number of para-hydroxylation sites is 1. The van der Waals surface area contributed by atoms with Crippen LogP contribution in [0, 0.1) is 0 Å². The largest absolute Gasteiger partial charge is 0.342 e. The molecule has 108 valence electrons. The van der Waals surface area contributed by atoms with Crippen LogP contribution >= 0.6 is 15.9 Å². The van der Waals surface area contributed by atoms with Crippen molar-refractivity contribution >= 4 is 33.4 Å². The second-order valence-electron chi connectivity index (χ2n) is 4.93. The molecule has 0 bridgehead atoms. The SMILES string of the molecule is CCCC1NC(=O)C(CC)N(c2ccccc2Br)C1=O. The summed E-state index contributed by atoms with van der Waals surface area (Å²) in [6.45, 7) is 3.93. The highest BCUT2D eigenvalue weighted by atomic mass is 79.9. The van der Waals surface area contributed by atoms with Crippen molar-refractivity contribution in [1.29, 1.82) is 0 Å². The molecule has 2 unspecified atom stereocenters. The summed E-state index contributed by atoms with van der Waals surface area (Å²) in [6.07, 6.45) is 2.12. The predicted molar refractivity (Wildman–Crippen MR) is 82.5 cm³/mol. The fourth-order valence-electron chi connectivity index (χ4n) is 2.55. The van der Waals surface area contributed by atoms with Gasteiger partial charge in [0.15, 0.2) is 0 Å². The maximum atomic E-state index is 12.7. The minimum atomic E-state index is -0.436. The van der Waals surface area contributed by atoms with Crippen LogP contribution in [0.4, 0.5) is 5.69 Å². The van der Waals surface area contributed by atoms with Crippen LogP contribution < -0.4 is 10.2 Å². The first kappa shape index (κ1) is 15.0. The van der Waals surface area contributed by atoms with Crippen molar-refractivity contribution in [2.24, 2.45) is 0 Å². The van der Waals surface area contributed by atoms with Gasteiger partial charge in [-0.15, -0.1) is 0 Å². The van der Waals surface area contributed by atoms with Crippen LogP contribution in [0.15, 0.2) is 28.7 Å². The van der Waals surface area contributed by atoms with Gasteiger partial charge in [-0.3, -0.25) is 14.5 Å². The topological polar surface area (TPSA) is 49.4 Å². The molecular weight excluding hydrogens is 320 g/mol. The van der Waals surface area contributed by atoms with Crippen LogP contribution in [-0.2, 0) is 9.59 Å². The molecule has 5 heteroatoms. The predicted octanol–water partition coefficient (Wildman–Crippen LogP) is 2.86. The van der Waals surface area contributed by atoms with Crippen LogP contribution in [0.25, 0.3) is 0 Å². The Kier molecular flexibility index (Phi) is 4.81. The molecule has 1 aromatic carbocycles. The van der Waals surface area contributed by atoms with Gasteiger partial charge in [0.2, 0.25) is 11.8 Å². The molecular formula is C15H19BrN2O2. The molecule has 2 rings (SSSR count). The number of nitrogens with one attached hydrogen (secondary N) is 1. The number of carbonyl (C=O) groups excluding carboxylic acids is 2. The van der Waals surface area contributed by atoms with E-state index in [2.05, 4.69) is 21.2 Å². The highest BCUT2D eigenvalue weighted by Gasteiger charge is 2.40. The van der Waals surface area contributed by atoms with Gasteiger partial charge in [0.1, 0.15) is 12.1 Å². The van der Waals surface area contributed by atoms with E-state index in [1.54, 1.807) is 4.90 Å². The Labute approximate surface area is 127 Å². The first-order valence-corrected chi connectivity index (χ1v) is 7.77. The molecule has 1 aromatic rings. The van der Waals surface area contributed by atoms with Gasteiger partial charge in [0, 0.05) is 4.47 Å². The van der Waals surface area contributed by atoms with E-state index in [9.17, 15) is 9.59 Å². The quantitative estimate of drug-likeness (QED) is 0.917. The van der Waals surface area contributed by atoms with E-state index in [-0.39, 0.29) is 11.8 Å². The minimum absolute atomic E-state index is 0.0230. The maximum Gasteiger partial charge on any atom is 0.250 e. The number of hydrogen-bond donors (Lipinski definition) is 1. The molecule has 0 saturated carbocycles. The fraction of sp³-hybridized carbons (Fsp3) is 0.467. The van der Waals surface area contributed by atoms with Gasteiger partial charge < -0.3 is 5.32 Å². The van der Waals surface area contributed by atoms with E-state index in [0.717, 1.165) is 16.6 Å². The highest BCUT2D eigenvalue weighted by Crippen LogP contribution is 2.30. The van der Waals surface area contributed by atoms with E-state index in [1.807, 2.05) is 38.1 Å². The molecule has 1 heterocycles. The average molecular weight is 339 g/mol. The monoisotopic (exact) mass is 338 g/mol. The molecule has 0 radical (unpaired) electrons. The maximum absolute atomic E-state index is 12.7. The van der Waals surface area contributed by atoms with Crippen molar-refractivity contribution in [3.63, 3.8) is 0 Å². The van der Waals surface area contributed by atoms with E-state index in [0.29, 0.717) is 12.8 Å². The Morgan fingerprint density at radius 2 is 1.95 bits per heavy atom. The number of nitrogens with zero attached hydrogens (tertiary/aromatic N) is 1. The summed E-state index contributed by atoms with van der Waals surface area (Å²) in [5, 5.41) is 2.84. The Morgan fingerprint density at radius 3 is 2.55 bits per heavy atom. The number of rotatable bonds is 4. The number of carbonyl (C=O) groups is 2. The third-order valence-corrected chi connectivity index (χ3v) is 4.21. The van der Waals surface area contributed by atoms with Crippen molar-refractivity contribution in [1.82, 2.24) is 5.32 Å². The molecule has 1 aliphatic rings. The van der Waals surface area contributed by atoms with E-state index in [4.69, 9.17) is 0 Å². The average Bonchev–Trinajstić information content (AvgIpc) is 2.43. The van der Waals surface area contributed by atoms with Gasteiger partial charge in [-0.2, -0.15) is 0 Å². The lowest BCUT2D eigenvalue weighted by Crippen LogP contribution is -2.63. The molecule has 2 amide bonds. The zero-order chi connectivity index (χ0) is 14.7. The highest BCUT2D eigenvalue weighted by molar-refractivity contribution is 9.10. The molecule has 2 atom stereocenters. The summed E-state index contributed by atoms with van der Waals surface area (Å²) in [7, 11) is 0. The number of piperazine rings is 1. The zero-order valence-electron chi connectivity index (χ0n) is 11.7. The third kappa shape index (κ3) is 2.73. The molecule has 1 N–H and O–H groups in total. The lowest BCUT2D eigenvalue weighted by atomic mass is 10.0. The Bertz CT molecular complexity index is 518. The number of benzene rings is 1. The molecule has 20 heavy (non-hydrogen) atoms. The first-order valence-electron chi connectivity index (χ1n) is 6.98. The summed E-state index contributed by atoms with van der Waals surface area (Å²) in [6, 6.07) is 6.67. The summed E-state index contributed by atoms with van der Waals surface area (Å²) in [4.78, 5) is 26.5. The van der Waals surface area contributed by atoms with E-state index < -0.39 is 12.1 Å². The Morgan fingerprint density at radius 1 is 1.25 bits per heavy atom. The lowest BCUT2D eigenvalue weighted by Gasteiger charge is -2.39. The van der Waals surface area contributed by atoms with Crippen LogP contribution in [0.5, 0.6) is 0 Å². The van der Waals surface area contributed by atoms with Gasteiger partial charge in [-0.05, 0) is 40.9 Å². The molecule has 0 aliphatic carbocycles. The van der Waals surface area contributed by atoms with Crippen molar-refractivity contribution < 1.29 is 9.59 Å². The molecule has 0 aromatic heterocycles. The molecule has 1 fully saturated rings. The smallest absolute Gasteiger partial charge is 0.250 e. The summed E-state index contributed by atoms with van der Waals surface area (Å²) < 4.78 is 0.830. The molecule has 0 spiro atoms. The summed E-state index contributed by atoms with van der Waals surface area (Å²) >= 11 is 3.47. The second-order valence-corrected chi connectivity index (χ2v) is 5.79. The first-order chi connectivity index (χ1) is 9.60. The Balaban J connectivity index is 2.41. The molecule has 1 aliphatic heterocycles. The van der Waals surface area contributed by atoms with Crippen molar-refractivity contribution in [3.8, 4) is 0 Å². The van der Waals surface area contributed by atoms with Crippen LogP contribution in [0.2, 0.25) is 0 Å². The second kappa shape index (κ2) is 6.39. The van der Waals surface area contributed by atoms with Gasteiger partial charge in [0.05, 0.1) is 5.69 Å². The van der Waals surface area contributed by atoms with Gasteiger partial charge in [-0.25, -0.2) is 0 Å². The summed E-state index contributed by atoms with van der Waals surface area (Å²) in [5.74, 6) is -0.0912. The number of hydrogen-bond acceptors (Lipinski definition) is 2. The van der Waals surface area contributed by atoms with Gasteiger partial charge in [0.25, 0.3) is 0 Å². The van der Waals surface area contributed by atoms with Crippen molar-refractivity contribution in [2.45, 2.75) is 45.2 Å². The molecule has 1 saturated heterocycles. The third-order valence-electron chi connectivity index (χ3n) is 3.54. The van der Waals surface area contributed by atoms with E-state index in [1.165, 1.54) is 0 Å². The van der Waals surface area contributed by atoms with Gasteiger partial charge in [-0.1, -0.05) is 32.4 Å². The number of halogens is 1. The standard InChI is InChI=1S/C15H19BrN2O2/c1-3-7-11-15(20)18(12(4-2)14(19)17-11)13-9-6-5-8-10(13)16/h5-6,8-9,11-12H,3-4,7H2,1-2H3,(H,17,19). The fourth-order valence-corrected chi connectivity index (χ4v) is 3.03. The van der Waals surface area contributed by atoms with Crippen LogP contribution in [0.1, 0.15) is 33.1 Å². The zero-order valence-corrected chi connectivity index (χ0v) is 13.3. The lowest BCUT2D eigenvalue weighted by molar-refractivity contribution is -0.134. The van der Waals surface area contributed by atoms with Crippen molar-refractivity contribution in [2.75, 3.05) is 4.90 Å². The van der Waals surface area contributed by atoms with Gasteiger partial charge >= 0.3 is 0 Å². The normalized spacial score (nSPS) is 22.9.